The second-order valence-corrected chi connectivity index (χ2v) is 9.00. The third-order valence-electron chi connectivity index (χ3n) is 4.66. The maximum Gasteiger partial charge on any atom is 0.416 e. The number of sulfonamides is 1. The summed E-state index contributed by atoms with van der Waals surface area (Å²) in [6.07, 6.45) is -1.29. The number of benzene rings is 2. The number of nitrogens with two attached hydrogens (primary N) is 1. The first kappa shape index (κ1) is 26.4. The Hall–Kier alpha value is -2.89. The molecule has 11 heteroatoms. The molecule has 0 atom stereocenters. The summed E-state index contributed by atoms with van der Waals surface area (Å²) in [6, 6.07) is 9.97. The Bertz CT molecular complexity index is 1080. The first-order valence-electron chi connectivity index (χ1n) is 9.99. The van der Waals surface area contributed by atoms with Crippen LogP contribution in [-0.4, -0.2) is 54.2 Å². The molecule has 0 fully saturated rings. The number of allylic oxidation sites excluding steroid dienone is 1. The number of anilines is 1. The Morgan fingerprint density at radius 1 is 1.15 bits per heavy atom. The molecule has 0 unspecified atom stereocenters. The Labute approximate surface area is 191 Å². The molecule has 0 aliphatic heterocycles. The van der Waals surface area contributed by atoms with E-state index in [1.165, 1.54) is 25.4 Å². The number of methoxy groups -OCH3 is 1. The summed E-state index contributed by atoms with van der Waals surface area (Å²) in [5.41, 5.74) is 8.23. The highest BCUT2D eigenvalue weighted by molar-refractivity contribution is 7.89. The van der Waals surface area contributed by atoms with E-state index in [0.717, 1.165) is 12.1 Å². The predicted octanol–water partition coefficient (Wildman–Crippen LogP) is 3.35. The van der Waals surface area contributed by atoms with E-state index in [-0.39, 0.29) is 12.3 Å². The van der Waals surface area contributed by atoms with Crippen LogP contribution in [0, 0.1) is 0 Å². The Kier molecular flexibility index (Phi) is 9.44. The largest absolute Gasteiger partial charge is 0.416 e. The van der Waals surface area contributed by atoms with Crippen molar-refractivity contribution in [2.24, 2.45) is 10.7 Å². The summed E-state index contributed by atoms with van der Waals surface area (Å²) < 4.78 is 69.1. The molecule has 33 heavy (non-hydrogen) atoms. The molecule has 2 aromatic carbocycles. The van der Waals surface area contributed by atoms with E-state index in [1.54, 1.807) is 31.4 Å². The summed E-state index contributed by atoms with van der Waals surface area (Å²) >= 11 is 0. The standard InChI is InChI=1S/C22H27F3N4O3S/c1-27-33(30,31)14-12-29-21-8-5-17(16-3-6-18(7-4-16)22(23,24)25)15-19(21)20(26)9-10-28-11-13-32-2/h3-10,15,27,29H,11-14,26H2,1-2H3/b20-9-,28-10?. The van der Waals surface area contributed by atoms with Gasteiger partial charge in [-0.2, -0.15) is 13.2 Å². The normalized spacial score (nSPS) is 12.9. The lowest BCUT2D eigenvalue weighted by Crippen LogP contribution is -2.26. The van der Waals surface area contributed by atoms with Crippen molar-refractivity contribution in [3.05, 3.63) is 59.7 Å². The molecule has 0 saturated carbocycles. The lowest BCUT2D eigenvalue weighted by molar-refractivity contribution is -0.137. The Morgan fingerprint density at radius 2 is 1.82 bits per heavy atom. The highest BCUT2D eigenvalue weighted by atomic mass is 32.2. The van der Waals surface area contributed by atoms with Gasteiger partial charge in [0.05, 0.1) is 24.5 Å². The number of aliphatic imine (C=N–C) groups is 1. The van der Waals surface area contributed by atoms with Crippen molar-refractivity contribution in [2.45, 2.75) is 6.18 Å². The average molecular weight is 485 g/mol. The molecule has 2 aromatic rings. The molecule has 7 nitrogen and oxygen atoms in total. The van der Waals surface area contributed by atoms with E-state index in [1.807, 2.05) is 0 Å². The summed E-state index contributed by atoms with van der Waals surface area (Å²) in [4.78, 5) is 4.15. The van der Waals surface area contributed by atoms with Gasteiger partial charge in [0.2, 0.25) is 10.0 Å². The smallest absolute Gasteiger partial charge is 0.398 e. The molecule has 0 spiro atoms. The van der Waals surface area contributed by atoms with Gasteiger partial charge >= 0.3 is 6.18 Å². The highest BCUT2D eigenvalue weighted by Gasteiger charge is 2.30. The fraction of sp³-hybridized carbons (Fsp3) is 0.318. The highest BCUT2D eigenvalue weighted by Crippen LogP contribution is 2.32. The van der Waals surface area contributed by atoms with Crippen molar-refractivity contribution >= 4 is 27.6 Å². The van der Waals surface area contributed by atoms with Crippen LogP contribution in [0.15, 0.2) is 53.5 Å². The number of nitrogens with zero attached hydrogens (tertiary/aromatic N) is 1. The van der Waals surface area contributed by atoms with Gasteiger partial charge in [0, 0.05) is 36.8 Å². The minimum absolute atomic E-state index is 0.130. The van der Waals surface area contributed by atoms with Gasteiger partial charge in [0.1, 0.15) is 0 Å². The minimum atomic E-state index is -4.42. The van der Waals surface area contributed by atoms with E-state index in [4.69, 9.17) is 10.5 Å². The summed E-state index contributed by atoms with van der Waals surface area (Å²) in [5, 5.41) is 3.05. The Morgan fingerprint density at radius 3 is 2.42 bits per heavy atom. The van der Waals surface area contributed by atoms with Crippen LogP contribution in [0.5, 0.6) is 0 Å². The average Bonchev–Trinajstić information content (AvgIpc) is 2.78. The topological polar surface area (TPSA) is 106 Å². The molecule has 4 N–H and O–H groups in total. The van der Waals surface area contributed by atoms with Crippen molar-refractivity contribution in [3.63, 3.8) is 0 Å². The number of nitrogens with one attached hydrogen (secondary N) is 2. The summed E-state index contributed by atoms with van der Waals surface area (Å²) in [5.74, 6) is -0.147. The molecule has 0 aromatic heterocycles. The number of alkyl halides is 3. The first-order valence-corrected chi connectivity index (χ1v) is 11.6. The van der Waals surface area contributed by atoms with Gasteiger partial charge < -0.3 is 15.8 Å². The van der Waals surface area contributed by atoms with Gasteiger partial charge in [-0.3, -0.25) is 4.99 Å². The second-order valence-electron chi connectivity index (χ2n) is 6.96. The van der Waals surface area contributed by atoms with Gasteiger partial charge in [-0.25, -0.2) is 13.1 Å². The maximum absolute atomic E-state index is 12.9. The van der Waals surface area contributed by atoms with Gasteiger partial charge in [-0.15, -0.1) is 0 Å². The van der Waals surface area contributed by atoms with E-state index in [9.17, 15) is 21.6 Å². The van der Waals surface area contributed by atoms with Crippen LogP contribution in [0.3, 0.4) is 0 Å². The van der Waals surface area contributed by atoms with Gasteiger partial charge in [-0.05, 0) is 48.5 Å². The molecule has 0 radical (unpaired) electrons. The maximum atomic E-state index is 12.9. The van der Waals surface area contributed by atoms with Crippen LogP contribution in [0.2, 0.25) is 0 Å². The van der Waals surface area contributed by atoms with Crippen LogP contribution < -0.4 is 15.8 Å². The first-order chi connectivity index (χ1) is 15.6. The summed E-state index contributed by atoms with van der Waals surface area (Å²) in [7, 11) is -0.492. The number of hydrogen-bond acceptors (Lipinski definition) is 6. The lowest BCUT2D eigenvalue weighted by Gasteiger charge is -2.15. The van der Waals surface area contributed by atoms with Gasteiger partial charge in [0.15, 0.2) is 0 Å². The van der Waals surface area contributed by atoms with E-state index in [2.05, 4.69) is 15.0 Å². The summed E-state index contributed by atoms with van der Waals surface area (Å²) in [6.45, 7) is 1.05. The van der Waals surface area contributed by atoms with Gasteiger partial charge in [-0.1, -0.05) is 18.2 Å². The van der Waals surface area contributed by atoms with Crippen LogP contribution in [0.1, 0.15) is 11.1 Å². The van der Waals surface area contributed by atoms with Crippen molar-refractivity contribution in [2.75, 3.05) is 44.9 Å². The van der Waals surface area contributed by atoms with Crippen molar-refractivity contribution < 1.29 is 26.3 Å². The van der Waals surface area contributed by atoms with Crippen LogP contribution >= 0.6 is 0 Å². The molecule has 2 rings (SSSR count). The van der Waals surface area contributed by atoms with E-state index < -0.39 is 21.8 Å². The van der Waals surface area contributed by atoms with Gasteiger partial charge in [0.25, 0.3) is 0 Å². The molecule has 0 aliphatic carbocycles. The SMILES string of the molecule is CNS(=O)(=O)CCNc1ccc(-c2ccc(C(F)(F)F)cc2)cc1/C(N)=C/C=NCCOC. The number of halogens is 3. The molecule has 0 amide bonds. The molecular formula is C22H27F3N4O3S. The van der Waals surface area contributed by atoms with E-state index >= 15 is 0 Å². The predicted molar refractivity (Wildman–Crippen MR) is 126 cm³/mol. The number of hydrogen-bond donors (Lipinski definition) is 3. The molecule has 0 heterocycles. The quantitative estimate of drug-likeness (QED) is 0.335. The van der Waals surface area contributed by atoms with Crippen LogP contribution in [0.4, 0.5) is 18.9 Å². The van der Waals surface area contributed by atoms with Crippen molar-refractivity contribution in [1.82, 2.24) is 4.72 Å². The molecule has 180 valence electrons. The zero-order valence-corrected chi connectivity index (χ0v) is 19.1. The molecular weight excluding hydrogens is 457 g/mol. The fourth-order valence-electron chi connectivity index (χ4n) is 2.83. The molecule has 0 aliphatic rings. The zero-order chi connectivity index (χ0) is 24.5. The molecule has 0 saturated heterocycles. The van der Waals surface area contributed by atoms with Crippen LogP contribution in [0.25, 0.3) is 16.8 Å². The van der Waals surface area contributed by atoms with E-state index in [0.29, 0.717) is 41.2 Å². The van der Waals surface area contributed by atoms with Crippen molar-refractivity contribution in [1.29, 1.82) is 0 Å². The third-order valence-corrected chi connectivity index (χ3v) is 6.02. The number of ether oxygens (including phenoxy) is 1. The Balaban J connectivity index is 2.35. The lowest BCUT2D eigenvalue weighted by atomic mass is 9.99. The monoisotopic (exact) mass is 484 g/mol. The second kappa shape index (κ2) is 11.8. The van der Waals surface area contributed by atoms with Crippen molar-refractivity contribution in [3.8, 4) is 11.1 Å². The zero-order valence-electron chi connectivity index (χ0n) is 18.3. The minimum Gasteiger partial charge on any atom is -0.398 e. The third kappa shape index (κ3) is 8.19. The number of rotatable bonds is 11. The molecule has 0 bridgehead atoms. The van der Waals surface area contributed by atoms with Crippen LogP contribution in [-0.2, 0) is 20.9 Å². The fourth-order valence-corrected chi connectivity index (χ4v) is 3.41.